The van der Waals surface area contributed by atoms with E-state index in [0.29, 0.717) is 6.61 Å². The fourth-order valence-corrected chi connectivity index (χ4v) is 1.66. The van der Waals surface area contributed by atoms with Gasteiger partial charge in [0.05, 0.1) is 13.0 Å². The smallest absolute Gasteiger partial charge is 0.332 e. The molecule has 0 radical (unpaired) electrons. The average molecular weight is 288 g/mol. The third kappa shape index (κ3) is 4.65. The molecule has 0 saturated heterocycles. The molecule has 20 heavy (non-hydrogen) atoms. The number of carboxylic acids is 2. The van der Waals surface area contributed by atoms with Gasteiger partial charge < -0.3 is 19.7 Å². The van der Waals surface area contributed by atoms with Gasteiger partial charge in [-0.1, -0.05) is 13.5 Å². The SMILES string of the molecule is C=C(C(=O)O)C(CC)(CC(=O)OCCOCC)C(=O)O. The molecule has 0 aromatic carbocycles. The molecule has 1 unspecified atom stereocenters. The lowest BCUT2D eigenvalue weighted by Crippen LogP contribution is -2.38. The number of ether oxygens (including phenoxy) is 2. The van der Waals surface area contributed by atoms with Gasteiger partial charge in [0.1, 0.15) is 12.0 Å². The van der Waals surface area contributed by atoms with Crippen molar-refractivity contribution >= 4 is 17.9 Å². The molecular weight excluding hydrogens is 268 g/mol. The summed E-state index contributed by atoms with van der Waals surface area (Å²) in [4.78, 5) is 33.9. The Kier molecular flexibility index (Phi) is 7.53. The maximum Gasteiger partial charge on any atom is 0.332 e. The highest BCUT2D eigenvalue weighted by atomic mass is 16.6. The van der Waals surface area contributed by atoms with E-state index in [9.17, 15) is 19.5 Å². The first-order valence-corrected chi connectivity index (χ1v) is 6.21. The van der Waals surface area contributed by atoms with E-state index in [1.165, 1.54) is 6.92 Å². The van der Waals surface area contributed by atoms with Crippen LogP contribution in [0.3, 0.4) is 0 Å². The van der Waals surface area contributed by atoms with Crippen LogP contribution in [0.1, 0.15) is 26.7 Å². The molecular formula is C13H20O7. The zero-order valence-corrected chi connectivity index (χ0v) is 11.7. The normalized spacial score (nSPS) is 13.3. The van der Waals surface area contributed by atoms with Gasteiger partial charge in [-0.2, -0.15) is 0 Å². The van der Waals surface area contributed by atoms with Crippen LogP contribution in [-0.2, 0) is 23.9 Å². The summed E-state index contributed by atoms with van der Waals surface area (Å²) in [6.07, 6.45) is -0.649. The lowest BCUT2D eigenvalue weighted by molar-refractivity contribution is -0.158. The molecule has 0 heterocycles. The summed E-state index contributed by atoms with van der Waals surface area (Å²) in [5, 5.41) is 18.2. The van der Waals surface area contributed by atoms with Crippen molar-refractivity contribution in [3.8, 4) is 0 Å². The highest BCUT2D eigenvalue weighted by molar-refractivity contribution is 5.98. The molecule has 0 aliphatic carbocycles. The number of carbonyl (C=O) groups is 3. The zero-order valence-electron chi connectivity index (χ0n) is 11.7. The van der Waals surface area contributed by atoms with E-state index in [2.05, 4.69) is 6.58 Å². The molecule has 0 rings (SSSR count). The fourth-order valence-electron chi connectivity index (χ4n) is 1.66. The first-order valence-electron chi connectivity index (χ1n) is 6.21. The highest BCUT2D eigenvalue weighted by Gasteiger charge is 2.45. The molecule has 0 aromatic heterocycles. The van der Waals surface area contributed by atoms with Crippen LogP contribution in [0.5, 0.6) is 0 Å². The summed E-state index contributed by atoms with van der Waals surface area (Å²) < 4.78 is 9.79. The van der Waals surface area contributed by atoms with E-state index in [1.807, 2.05) is 0 Å². The maximum atomic E-state index is 11.6. The minimum Gasteiger partial charge on any atom is -0.481 e. The highest BCUT2D eigenvalue weighted by Crippen LogP contribution is 2.35. The molecule has 7 nitrogen and oxygen atoms in total. The second kappa shape index (κ2) is 8.31. The van der Waals surface area contributed by atoms with Crippen LogP contribution in [-0.4, -0.2) is 47.9 Å². The zero-order chi connectivity index (χ0) is 15.8. The molecule has 0 fully saturated rings. The largest absolute Gasteiger partial charge is 0.481 e. The molecule has 1 atom stereocenters. The minimum absolute atomic E-state index is 0.00830. The summed E-state index contributed by atoms with van der Waals surface area (Å²) in [5.41, 5.74) is -2.39. The second-order valence-electron chi connectivity index (χ2n) is 4.12. The monoisotopic (exact) mass is 288 g/mol. The van der Waals surface area contributed by atoms with Crippen LogP contribution in [0.2, 0.25) is 0 Å². The average Bonchev–Trinajstić information content (AvgIpc) is 2.39. The van der Waals surface area contributed by atoms with Gasteiger partial charge in [-0.25, -0.2) is 4.79 Å². The Hall–Kier alpha value is -1.89. The van der Waals surface area contributed by atoms with Crippen molar-refractivity contribution in [3.05, 3.63) is 12.2 Å². The Bertz CT molecular complexity index is 388. The van der Waals surface area contributed by atoms with E-state index >= 15 is 0 Å². The molecule has 0 aliphatic rings. The lowest BCUT2D eigenvalue weighted by atomic mass is 9.75. The molecule has 0 aromatic rings. The number of carbonyl (C=O) groups excluding carboxylic acids is 1. The van der Waals surface area contributed by atoms with Crippen LogP contribution >= 0.6 is 0 Å². The van der Waals surface area contributed by atoms with Crippen LogP contribution in [0, 0.1) is 5.41 Å². The molecule has 0 aliphatic heterocycles. The minimum atomic E-state index is -1.85. The Morgan fingerprint density at radius 1 is 1.15 bits per heavy atom. The Morgan fingerprint density at radius 2 is 1.75 bits per heavy atom. The molecule has 2 N–H and O–H groups in total. The summed E-state index contributed by atoms with van der Waals surface area (Å²) >= 11 is 0. The molecule has 114 valence electrons. The van der Waals surface area contributed by atoms with Crippen molar-refractivity contribution in [2.75, 3.05) is 19.8 Å². The maximum absolute atomic E-state index is 11.6. The number of esters is 1. The quantitative estimate of drug-likeness (QED) is 0.351. The van der Waals surface area contributed by atoms with E-state index in [1.54, 1.807) is 6.92 Å². The number of aliphatic carboxylic acids is 2. The van der Waals surface area contributed by atoms with Gasteiger partial charge in [-0.3, -0.25) is 9.59 Å². The summed E-state index contributed by atoms with van der Waals surface area (Å²) in [6, 6.07) is 0. The Morgan fingerprint density at radius 3 is 2.15 bits per heavy atom. The van der Waals surface area contributed by atoms with Crippen molar-refractivity contribution in [2.45, 2.75) is 26.7 Å². The van der Waals surface area contributed by atoms with Gasteiger partial charge in [0.25, 0.3) is 0 Å². The predicted octanol–water partition coefficient (Wildman–Crippen LogP) is 1.08. The topological polar surface area (TPSA) is 110 Å². The van der Waals surface area contributed by atoms with E-state index in [-0.39, 0.29) is 19.6 Å². The van der Waals surface area contributed by atoms with Crippen molar-refractivity contribution in [2.24, 2.45) is 5.41 Å². The summed E-state index contributed by atoms with van der Waals surface area (Å²) in [6.45, 7) is 7.20. The van der Waals surface area contributed by atoms with E-state index < -0.39 is 35.3 Å². The number of rotatable bonds is 10. The van der Waals surface area contributed by atoms with E-state index in [0.717, 1.165) is 0 Å². The first kappa shape index (κ1) is 18.1. The molecule has 0 spiro atoms. The van der Waals surface area contributed by atoms with Gasteiger partial charge in [0.15, 0.2) is 0 Å². The Labute approximate surface area is 117 Å². The van der Waals surface area contributed by atoms with Crippen LogP contribution in [0.4, 0.5) is 0 Å². The standard InChI is InChI=1S/C13H20O7/c1-4-13(12(17)18,9(3)11(15)16)8-10(14)20-7-6-19-5-2/h3-8H2,1-2H3,(H,15,16)(H,17,18). The second-order valence-corrected chi connectivity index (χ2v) is 4.12. The summed E-state index contributed by atoms with van der Waals surface area (Å²) in [5.74, 6) is -3.65. The number of hydrogen-bond donors (Lipinski definition) is 2. The third-order valence-electron chi connectivity index (χ3n) is 2.99. The van der Waals surface area contributed by atoms with Crippen LogP contribution in [0.25, 0.3) is 0 Å². The van der Waals surface area contributed by atoms with Crippen molar-refractivity contribution in [1.29, 1.82) is 0 Å². The van der Waals surface area contributed by atoms with Crippen LogP contribution < -0.4 is 0 Å². The Balaban J connectivity index is 4.83. The van der Waals surface area contributed by atoms with Crippen molar-refractivity contribution in [3.63, 3.8) is 0 Å². The fraction of sp³-hybridized carbons (Fsp3) is 0.615. The molecule has 0 amide bonds. The third-order valence-corrected chi connectivity index (χ3v) is 2.99. The van der Waals surface area contributed by atoms with Crippen molar-refractivity contribution < 1.29 is 34.1 Å². The van der Waals surface area contributed by atoms with Gasteiger partial charge >= 0.3 is 17.9 Å². The summed E-state index contributed by atoms with van der Waals surface area (Å²) in [7, 11) is 0. The predicted molar refractivity (Wildman–Crippen MR) is 69.2 cm³/mol. The lowest BCUT2D eigenvalue weighted by Gasteiger charge is -2.27. The molecule has 7 heteroatoms. The molecule has 0 bridgehead atoms. The van der Waals surface area contributed by atoms with Crippen molar-refractivity contribution in [1.82, 2.24) is 0 Å². The van der Waals surface area contributed by atoms with Gasteiger partial charge in [-0.15, -0.1) is 0 Å². The van der Waals surface area contributed by atoms with Crippen LogP contribution in [0.15, 0.2) is 12.2 Å². The van der Waals surface area contributed by atoms with Gasteiger partial charge in [0, 0.05) is 12.2 Å². The molecule has 0 saturated carbocycles. The number of hydrogen-bond acceptors (Lipinski definition) is 5. The number of carboxylic acid groups (broad SMARTS) is 2. The van der Waals surface area contributed by atoms with E-state index in [4.69, 9.17) is 14.6 Å². The first-order chi connectivity index (χ1) is 9.31. The van der Waals surface area contributed by atoms with Gasteiger partial charge in [-0.05, 0) is 13.3 Å². The van der Waals surface area contributed by atoms with Gasteiger partial charge in [0.2, 0.25) is 0 Å².